The van der Waals surface area contributed by atoms with Crippen molar-refractivity contribution in [3.05, 3.63) is 0 Å². The molecule has 0 aromatic rings. The summed E-state index contributed by atoms with van der Waals surface area (Å²) in [6, 6.07) is 0.221. The van der Waals surface area contributed by atoms with Gasteiger partial charge in [-0.1, -0.05) is 6.92 Å². The summed E-state index contributed by atoms with van der Waals surface area (Å²) in [7, 11) is 4.00. The molecule has 0 saturated carbocycles. The van der Waals surface area contributed by atoms with Crippen molar-refractivity contribution in [3.8, 4) is 0 Å². The van der Waals surface area contributed by atoms with Crippen molar-refractivity contribution in [2.45, 2.75) is 26.3 Å². The molecule has 0 aliphatic heterocycles. The summed E-state index contributed by atoms with van der Waals surface area (Å²) in [6.45, 7) is 6.61. The molecule has 0 heterocycles. The average Bonchev–Trinajstić information content (AvgIpc) is 2.02. The quantitative estimate of drug-likeness (QED) is 0.572. The molecule has 0 aliphatic carbocycles. The van der Waals surface area contributed by atoms with Crippen LogP contribution in [-0.2, 0) is 4.79 Å². The molecule has 1 amide bonds. The van der Waals surface area contributed by atoms with Crippen LogP contribution in [-0.4, -0.2) is 50.6 Å². The molecular formula is C10H23N3O. The highest BCUT2D eigenvalue weighted by Crippen LogP contribution is 1.86. The fraction of sp³-hybridized carbons (Fsp3) is 0.900. The maximum absolute atomic E-state index is 11.3. The van der Waals surface area contributed by atoms with Gasteiger partial charge in [0.25, 0.3) is 0 Å². The highest BCUT2D eigenvalue weighted by atomic mass is 16.1. The Kier molecular flexibility index (Phi) is 7.42. The zero-order chi connectivity index (χ0) is 11.0. The molecule has 1 unspecified atom stereocenters. The highest BCUT2D eigenvalue weighted by Gasteiger charge is 2.06. The molecule has 0 aromatic carbocycles. The fourth-order valence-corrected chi connectivity index (χ4v) is 1.32. The Balaban J connectivity index is 3.50. The molecule has 1 atom stereocenters. The largest absolute Gasteiger partial charge is 0.352 e. The molecule has 0 aliphatic rings. The Morgan fingerprint density at radius 2 is 2.07 bits per heavy atom. The summed E-state index contributed by atoms with van der Waals surface area (Å²) < 4.78 is 0. The Morgan fingerprint density at radius 1 is 1.43 bits per heavy atom. The first-order valence-electron chi connectivity index (χ1n) is 5.21. The van der Waals surface area contributed by atoms with Gasteiger partial charge in [-0.3, -0.25) is 4.79 Å². The number of nitrogens with one attached hydrogen (secondary N) is 2. The number of rotatable bonds is 7. The second kappa shape index (κ2) is 7.76. The maximum Gasteiger partial charge on any atom is 0.221 e. The van der Waals surface area contributed by atoms with Crippen LogP contribution >= 0.6 is 0 Å². The van der Waals surface area contributed by atoms with E-state index in [2.05, 4.69) is 15.5 Å². The molecule has 4 heteroatoms. The van der Waals surface area contributed by atoms with Crippen LogP contribution in [0.25, 0.3) is 0 Å². The SMILES string of the molecule is CCNCCC(=O)NC(C)CN(C)C. The van der Waals surface area contributed by atoms with E-state index in [0.29, 0.717) is 6.42 Å². The molecule has 0 aromatic heterocycles. The van der Waals surface area contributed by atoms with E-state index in [4.69, 9.17) is 0 Å². The maximum atomic E-state index is 11.3. The van der Waals surface area contributed by atoms with Crippen LogP contribution in [0.4, 0.5) is 0 Å². The van der Waals surface area contributed by atoms with Gasteiger partial charge >= 0.3 is 0 Å². The molecule has 0 fully saturated rings. The zero-order valence-electron chi connectivity index (χ0n) is 9.76. The third kappa shape index (κ3) is 8.01. The first-order chi connectivity index (χ1) is 6.56. The van der Waals surface area contributed by atoms with E-state index in [1.807, 2.05) is 27.9 Å². The van der Waals surface area contributed by atoms with Gasteiger partial charge in [-0.05, 0) is 27.6 Å². The number of hydrogen-bond donors (Lipinski definition) is 2. The monoisotopic (exact) mass is 201 g/mol. The summed E-state index contributed by atoms with van der Waals surface area (Å²) in [4.78, 5) is 13.4. The summed E-state index contributed by atoms with van der Waals surface area (Å²) in [5.74, 6) is 0.125. The average molecular weight is 201 g/mol. The first-order valence-corrected chi connectivity index (χ1v) is 5.21. The van der Waals surface area contributed by atoms with Crippen LogP contribution in [0.5, 0.6) is 0 Å². The second-order valence-corrected chi connectivity index (χ2v) is 3.83. The minimum Gasteiger partial charge on any atom is -0.352 e. The van der Waals surface area contributed by atoms with E-state index in [0.717, 1.165) is 19.6 Å². The van der Waals surface area contributed by atoms with Gasteiger partial charge in [-0.2, -0.15) is 0 Å². The number of hydrogen-bond acceptors (Lipinski definition) is 3. The minimum absolute atomic E-state index is 0.125. The van der Waals surface area contributed by atoms with Crippen molar-refractivity contribution in [1.29, 1.82) is 0 Å². The van der Waals surface area contributed by atoms with E-state index in [-0.39, 0.29) is 11.9 Å². The Hall–Kier alpha value is -0.610. The topological polar surface area (TPSA) is 44.4 Å². The minimum atomic E-state index is 0.125. The molecule has 0 spiro atoms. The summed E-state index contributed by atoms with van der Waals surface area (Å²) in [6.07, 6.45) is 0.561. The fourth-order valence-electron chi connectivity index (χ4n) is 1.32. The molecule has 4 nitrogen and oxygen atoms in total. The Labute approximate surface area is 87.0 Å². The van der Waals surface area contributed by atoms with E-state index < -0.39 is 0 Å². The molecular weight excluding hydrogens is 178 g/mol. The van der Waals surface area contributed by atoms with Gasteiger partial charge in [0.2, 0.25) is 5.91 Å². The van der Waals surface area contributed by atoms with Crippen LogP contribution in [0, 0.1) is 0 Å². The smallest absolute Gasteiger partial charge is 0.221 e. The van der Waals surface area contributed by atoms with Crippen LogP contribution in [0.2, 0.25) is 0 Å². The molecule has 2 N–H and O–H groups in total. The van der Waals surface area contributed by atoms with Crippen molar-refractivity contribution >= 4 is 5.91 Å². The number of carbonyl (C=O) groups is 1. The van der Waals surface area contributed by atoms with E-state index in [1.54, 1.807) is 0 Å². The van der Waals surface area contributed by atoms with Crippen molar-refractivity contribution in [2.24, 2.45) is 0 Å². The number of amides is 1. The predicted molar refractivity (Wildman–Crippen MR) is 59.3 cm³/mol. The number of likely N-dealkylation sites (N-methyl/N-ethyl adjacent to an activating group) is 1. The van der Waals surface area contributed by atoms with Crippen molar-refractivity contribution < 1.29 is 4.79 Å². The number of nitrogens with zero attached hydrogens (tertiary/aromatic N) is 1. The Morgan fingerprint density at radius 3 is 2.57 bits per heavy atom. The third-order valence-corrected chi connectivity index (χ3v) is 1.83. The molecule has 84 valence electrons. The zero-order valence-corrected chi connectivity index (χ0v) is 9.76. The van der Waals surface area contributed by atoms with Gasteiger partial charge in [0.15, 0.2) is 0 Å². The van der Waals surface area contributed by atoms with Gasteiger partial charge in [0.05, 0.1) is 0 Å². The van der Waals surface area contributed by atoms with E-state index >= 15 is 0 Å². The molecule has 0 saturated heterocycles. The lowest BCUT2D eigenvalue weighted by Gasteiger charge is -2.18. The Bertz CT molecular complexity index is 159. The molecule has 0 radical (unpaired) electrons. The highest BCUT2D eigenvalue weighted by molar-refractivity contribution is 5.76. The van der Waals surface area contributed by atoms with E-state index in [1.165, 1.54) is 0 Å². The first kappa shape index (κ1) is 13.4. The van der Waals surface area contributed by atoms with Crippen molar-refractivity contribution in [1.82, 2.24) is 15.5 Å². The normalized spacial score (nSPS) is 12.9. The van der Waals surface area contributed by atoms with Gasteiger partial charge < -0.3 is 15.5 Å². The number of carbonyl (C=O) groups excluding carboxylic acids is 1. The van der Waals surface area contributed by atoms with Gasteiger partial charge in [0, 0.05) is 25.6 Å². The molecule has 14 heavy (non-hydrogen) atoms. The van der Waals surface area contributed by atoms with Gasteiger partial charge in [-0.15, -0.1) is 0 Å². The standard InChI is InChI=1S/C10H23N3O/c1-5-11-7-6-10(14)12-9(2)8-13(3)4/h9,11H,5-8H2,1-4H3,(H,12,14). The van der Waals surface area contributed by atoms with Gasteiger partial charge in [0.1, 0.15) is 0 Å². The molecule has 0 rings (SSSR count). The third-order valence-electron chi connectivity index (χ3n) is 1.83. The predicted octanol–water partition coefficient (Wildman–Crippen LogP) is 0.0523. The lowest BCUT2D eigenvalue weighted by atomic mass is 10.3. The van der Waals surface area contributed by atoms with Crippen LogP contribution in [0.1, 0.15) is 20.3 Å². The summed E-state index contributed by atoms with van der Waals surface area (Å²) in [5, 5.41) is 6.07. The summed E-state index contributed by atoms with van der Waals surface area (Å²) >= 11 is 0. The van der Waals surface area contributed by atoms with Crippen LogP contribution in [0.15, 0.2) is 0 Å². The van der Waals surface area contributed by atoms with E-state index in [9.17, 15) is 4.79 Å². The lowest BCUT2D eigenvalue weighted by molar-refractivity contribution is -0.121. The molecule has 0 bridgehead atoms. The van der Waals surface area contributed by atoms with Crippen molar-refractivity contribution in [3.63, 3.8) is 0 Å². The van der Waals surface area contributed by atoms with Crippen LogP contribution < -0.4 is 10.6 Å². The second-order valence-electron chi connectivity index (χ2n) is 3.83. The summed E-state index contributed by atoms with van der Waals surface area (Å²) in [5.41, 5.74) is 0. The lowest BCUT2D eigenvalue weighted by Crippen LogP contribution is -2.40. The van der Waals surface area contributed by atoms with Crippen molar-refractivity contribution in [2.75, 3.05) is 33.7 Å². The van der Waals surface area contributed by atoms with Gasteiger partial charge in [-0.25, -0.2) is 0 Å². The van der Waals surface area contributed by atoms with Crippen LogP contribution in [0.3, 0.4) is 0 Å².